The number of aliphatic imine (C=N–C) groups is 1. The summed E-state index contributed by atoms with van der Waals surface area (Å²) >= 11 is 0. The minimum Gasteiger partial charge on any atom is -0.370 e. The summed E-state index contributed by atoms with van der Waals surface area (Å²) in [5, 5.41) is 3.18. The Balaban J connectivity index is 1.73. The van der Waals surface area contributed by atoms with E-state index in [1.54, 1.807) is 0 Å². The van der Waals surface area contributed by atoms with Crippen molar-refractivity contribution in [2.24, 2.45) is 10.7 Å². The van der Waals surface area contributed by atoms with E-state index in [0.717, 1.165) is 13.0 Å². The number of hydrogen-bond acceptors (Lipinski definition) is 1. The van der Waals surface area contributed by atoms with Crippen molar-refractivity contribution in [1.82, 2.24) is 5.32 Å². The molecule has 3 heteroatoms. The van der Waals surface area contributed by atoms with Crippen LogP contribution in [0.1, 0.15) is 30.4 Å². The molecular formula is C18H23N3. The molecule has 0 aliphatic heterocycles. The second-order valence-corrected chi connectivity index (χ2v) is 5.21. The van der Waals surface area contributed by atoms with Gasteiger partial charge in [-0.2, -0.15) is 0 Å². The lowest BCUT2D eigenvalue weighted by atomic mass is 9.98. The number of nitrogens with two attached hydrogens (primary N) is 1. The number of nitrogens with zero attached hydrogens (tertiary/aromatic N) is 1. The van der Waals surface area contributed by atoms with Crippen LogP contribution in [0.3, 0.4) is 0 Å². The largest absolute Gasteiger partial charge is 0.370 e. The highest BCUT2D eigenvalue weighted by Gasteiger charge is 2.04. The Kier molecular flexibility index (Phi) is 5.83. The maximum atomic E-state index is 5.89. The summed E-state index contributed by atoms with van der Waals surface area (Å²) in [6.45, 7) is 3.68. The van der Waals surface area contributed by atoms with Crippen LogP contribution in [0.2, 0.25) is 0 Å². The van der Waals surface area contributed by atoms with Crippen molar-refractivity contribution < 1.29 is 0 Å². The Morgan fingerprint density at radius 3 is 2.33 bits per heavy atom. The van der Waals surface area contributed by atoms with Gasteiger partial charge in [0, 0.05) is 6.54 Å². The standard InChI is InChI=1S/C18H23N3/c1-15(17-10-6-3-7-11-17)12-13-20-18(19)21-14-16-8-4-2-5-9-16/h2-11,15H,12-14H2,1H3,(H3,19,20,21). The smallest absolute Gasteiger partial charge is 0.188 e. The Bertz CT molecular complexity index is 549. The van der Waals surface area contributed by atoms with Crippen LogP contribution in [0.15, 0.2) is 65.7 Å². The van der Waals surface area contributed by atoms with Crippen molar-refractivity contribution in [2.45, 2.75) is 25.8 Å². The molecule has 0 aliphatic carbocycles. The van der Waals surface area contributed by atoms with Gasteiger partial charge in [-0.05, 0) is 23.5 Å². The van der Waals surface area contributed by atoms with E-state index in [9.17, 15) is 0 Å². The van der Waals surface area contributed by atoms with Gasteiger partial charge in [0.05, 0.1) is 6.54 Å². The molecule has 0 heterocycles. The van der Waals surface area contributed by atoms with Gasteiger partial charge in [-0.25, -0.2) is 4.99 Å². The quantitative estimate of drug-likeness (QED) is 0.630. The molecule has 0 radical (unpaired) electrons. The molecule has 0 amide bonds. The maximum Gasteiger partial charge on any atom is 0.188 e. The molecule has 0 spiro atoms. The third kappa shape index (κ3) is 5.30. The molecule has 110 valence electrons. The molecule has 3 N–H and O–H groups in total. The van der Waals surface area contributed by atoms with Crippen LogP contribution in [0.5, 0.6) is 0 Å². The first-order valence-electron chi connectivity index (χ1n) is 7.38. The lowest BCUT2D eigenvalue weighted by Crippen LogP contribution is -2.32. The molecule has 1 unspecified atom stereocenters. The van der Waals surface area contributed by atoms with Gasteiger partial charge in [0.25, 0.3) is 0 Å². The van der Waals surface area contributed by atoms with E-state index < -0.39 is 0 Å². The number of nitrogens with one attached hydrogen (secondary N) is 1. The van der Waals surface area contributed by atoms with Gasteiger partial charge in [-0.15, -0.1) is 0 Å². The number of rotatable bonds is 6. The molecule has 2 rings (SSSR count). The third-order valence-electron chi connectivity index (χ3n) is 3.53. The van der Waals surface area contributed by atoms with Crippen LogP contribution in [0.25, 0.3) is 0 Å². The molecule has 0 fully saturated rings. The number of guanidine groups is 1. The zero-order valence-corrected chi connectivity index (χ0v) is 12.5. The average molecular weight is 281 g/mol. The van der Waals surface area contributed by atoms with Gasteiger partial charge in [0.15, 0.2) is 5.96 Å². The topological polar surface area (TPSA) is 50.4 Å². The van der Waals surface area contributed by atoms with Gasteiger partial charge in [0.2, 0.25) is 0 Å². The third-order valence-corrected chi connectivity index (χ3v) is 3.53. The van der Waals surface area contributed by atoms with Crippen molar-refractivity contribution in [3.63, 3.8) is 0 Å². The van der Waals surface area contributed by atoms with Crippen molar-refractivity contribution in [3.05, 3.63) is 71.8 Å². The lowest BCUT2D eigenvalue weighted by Gasteiger charge is -2.12. The van der Waals surface area contributed by atoms with Gasteiger partial charge in [-0.1, -0.05) is 67.6 Å². The normalized spacial score (nSPS) is 12.9. The molecule has 21 heavy (non-hydrogen) atoms. The summed E-state index contributed by atoms with van der Waals surface area (Å²) in [4.78, 5) is 4.35. The maximum absolute atomic E-state index is 5.89. The van der Waals surface area contributed by atoms with E-state index in [0.29, 0.717) is 18.4 Å². The fraction of sp³-hybridized carbons (Fsp3) is 0.278. The molecule has 2 aromatic rings. The second-order valence-electron chi connectivity index (χ2n) is 5.21. The minimum atomic E-state index is 0.513. The molecule has 1 atom stereocenters. The molecule has 0 bridgehead atoms. The molecule has 0 saturated heterocycles. The number of hydrogen-bond donors (Lipinski definition) is 2. The van der Waals surface area contributed by atoms with E-state index in [1.807, 2.05) is 36.4 Å². The highest BCUT2D eigenvalue weighted by atomic mass is 15.1. The van der Waals surface area contributed by atoms with Crippen molar-refractivity contribution in [3.8, 4) is 0 Å². The van der Waals surface area contributed by atoms with Gasteiger partial charge in [0.1, 0.15) is 0 Å². The SMILES string of the molecule is CC(CCNC(N)=NCc1ccccc1)c1ccccc1. The van der Waals surface area contributed by atoms with Crippen molar-refractivity contribution in [1.29, 1.82) is 0 Å². The molecule has 0 saturated carbocycles. The predicted molar refractivity (Wildman–Crippen MR) is 89.2 cm³/mol. The summed E-state index contributed by atoms with van der Waals surface area (Å²) in [7, 11) is 0. The molecule has 0 aliphatic rings. The van der Waals surface area contributed by atoms with Crippen LogP contribution in [0.4, 0.5) is 0 Å². The van der Waals surface area contributed by atoms with Crippen LogP contribution in [-0.2, 0) is 6.54 Å². The van der Waals surface area contributed by atoms with Crippen LogP contribution < -0.4 is 11.1 Å². The van der Waals surface area contributed by atoms with Crippen molar-refractivity contribution in [2.75, 3.05) is 6.54 Å². The minimum absolute atomic E-state index is 0.513. The second kappa shape index (κ2) is 8.10. The van der Waals surface area contributed by atoms with Gasteiger partial charge in [-0.3, -0.25) is 0 Å². The summed E-state index contributed by atoms with van der Waals surface area (Å²) < 4.78 is 0. The molecule has 0 aromatic heterocycles. The van der Waals surface area contributed by atoms with Gasteiger partial charge >= 0.3 is 0 Å². The lowest BCUT2D eigenvalue weighted by molar-refractivity contribution is 0.659. The van der Waals surface area contributed by atoms with Crippen LogP contribution in [0, 0.1) is 0 Å². The summed E-state index contributed by atoms with van der Waals surface area (Å²) in [6.07, 6.45) is 1.03. The first-order chi connectivity index (χ1) is 10.3. The Morgan fingerprint density at radius 2 is 1.67 bits per heavy atom. The fourth-order valence-electron chi connectivity index (χ4n) is 2.18. The van der Waals surface area contributed by atoms with Crippen molar-refractivity contribution >= 4 is 5.96 Å². The zero-order valence-electron chi connectivity index (χ0n) is 12.5. The highest BCUT2D eigenvalue weighted by Crippen LogP contribution is 2.17. The Morgan fingerprint density at radius 1 is 1.05 bits per heavy atom. The summed E-state index contributed by atoms with van der Waals surface area (Å²) in [5.41, 5.74) is 8.41. The Hall–Kier alpha value is -2.29. The monoisotopic (exact) mass is 281 g/mol. The highest BCUT2D eigenvalue weighted by molar-refractivity contribution is 5.77. The van der Waals surface area contributed by atoms with E-state index >= 15 is 0 Å². The van der Waals surface area contributed by atoms with E-state index in [4.69, 9.17) is 5.73 Å². The van der Waals surface area contributed by atoms with E-state index in [1.165, 1.54) is 11.1 Å². The Labute approximate surface area is 126 Å². The van der Waals surface area contributed by atoms with Crippen LogP contribution >= 0.6 is 0 Å². The van der Waals surface area contributed by atoms with Crippen LogP contribution in [-0.4, -0.2) is 12.5 Å². The van der Waals surface area contributed by atoms with E-state index in [2.05, 4.69) is 41.5 Å². The fourth-order valence-corrected chi connectivity index (χ4v) is 2.18. The molecular weight excluding hydrogens is 258 g/mol. The summed E-state index contributed by atoms with van der Waals surface area (Å²) in [6, 6.07) is 20.6. The molecule has 2 aromatic carbocycles. The summed E-state index contributed by atoms with van der Waals surface area (Å²) in [5.74, 6) is 1.03. The first kappa shape index (κ1) is 15.1. The zero-order chi connectivity index (χ0) is 14.9. The predicted octanol–water partition coefficient (Wildman–Crippen LogP) is 3.28. The first-order valence-corrected chi connectivity index (χ1v) is 7.38. The van der Waals surface area contributed by atoms with E-state index in [-0.39, 0.29) is 0 Å². The van der Waals surface area contributed by atoms with Gasteiger partial charge < -0.3 is 11.1 Å². The average Bonchev–Trinajstić information content (AvgIpc) is 2.54. The molecule has 3 nitrogen and oxygen atoms in total. The number of benzene rings is 2.